The minimum atomic E-state index is -4.84. The second-order valence-corrected chi connectivity index (χ2v) is 6.31. The Bertz CT molecular complexity index is 686. The molecule has 0 fully saturated rings. The van der Waals surface area contributed by atoms with E-state index in [4.69, 9.17) is 0 Å². The lowest BCUT2D eigenvalue weighted by atomic mass is 9.86. The molecule has 0 aromatic heterocycles. The van der Waals surface area contributed by atoms with Crippen LogP contribution in [0.15, 0.2) is 31.1 Å². The SMILES string of the molecule is CC1=C(C)C(=NS(=O)(=O)[O-])C(C)=C(C)C1=NS(=O)(=O)[O-]. The van der Waals surface area contributed by atoms with Gasteiger partial charge in [-0.2, -0.15) is 8.80 Å². The molecule has 0 aliphatic heterocycles. The highest BCUT2D eigenvalue weighted by atomic mass is 32.2. The van der Waals surface area contributed by atoms with Gasteiger partial charge >= 0.3 is 0 Å². The predicted octanol–water partition coefficient (Wildman–Crippen LogP) is 0.475. The third-order valence-electron chi connectivity index (χ3n) is 2.95. The second kappa shape index (κ2) is 5.20. The number of allylic oxidation sites excluding steroid dienone is 4. The van der Waals surface area contributed by atoms with Crippen molar-refractivity contribution in [3.63, 3.8) is 0 Å². The molecule has 0 spiro atoms. The Morgan fingerprint density at radius 3 is 1.00 bits per heavy atom. The van der Waals surface area contributed by atoms with Crippen molar-refractivity contribution in [3.8, 4) is 0 Å². The molecule has 1 aliphatic rings. The monoisotopic (exact) mass is 320 g/mol. The van der Waals surface area contributed by atoms with Crippen LogP contribution in [0.3, 0.4) is 0 Å². The van der Waals surface area contributed by atoms with E-state index in [9.17, 15) is 25.9 Å². The van der Waals surface area contributed by atoms with E-state index >= 15 is 0 Å². The summed E-state index contributed by atoms with van der Waals surface area (Å²) in [5.41, 5.74) is 0.976. The summed E-state index contributed by atoms with van der Waals surface area (Å²) in [5.74, 6) is 0. The van der Waals surface area contributed by atoms with E-state index < -0.39 is 20.6 Å². The van der Waals surface area contributed by atoms with Crippen LogP contribution in [-0.4, -0.2) is 37.4 Å². The fourth-order valence-electron chi connectivity index (χ4n) is 1.77. The van der Waals surface area contributed by atoms with Crippen molar-refractivity contribution in [3.05, 3.63) is 22.3 Å². The van der Waals surface area contributed by atoms with Gasteiger partial charge < -0.3 is 9.11 Å². The largest absolute Gasteiger partial charge is 0.730 e. The van der Waals surface area contributed by atoms with Crippen molar-refractivity contribution in [2.45, 2.75) is 27.7 Å². The van der Waals surface area contributed by atoms with Crippen molar-refractivity contribution in [2.75, 3.05) is 0 Å². The normalized spacial score (nSPS) is 17.7. The molecule has 1 rings (SSSR count). The smallest absolute Gasteiger partial charge is 0.203 e. The summed E-state index contributed by atoms with van der Waals surface area (Å²) in [7, 11) is -9.68. The topological polar surface area (TPSA) is 139 Å². The van der Waals surface area contributed by atoms with E-state index in [1.54, 1.807) is 0 Å². The van der Waals surface area contributed by atoms with Gasteiger partial charge in [-0.1, -0.05) is 0 Å². The maximum Gasteiger partial charge on any atom is 0.203 e. The van der Waals surface area contributed by atoms with Crippen molar-refractivity contribution in [2.24, 2.45) is 8.80 Å². The van der Waals surface area contributed by atoms with Crippen LogP contribution in [0.4, 0.5) is 0 Å². The van der Waals surface area contributed by atoms with Crippen molar-refractivity contribution in [1.82, 2.24) is 0 Å². The molecule has 8 nitrogen and oxygen atoms in total. The summed E-state index contributed by atoms with van der Waals surface area (Å²) < 4.78 is 70.7. The van der Waals surface area contributed by atoms with Crippen LogP contribution < -0.4 is 0 Å². The van der Waals surface area contributed by atoms with Crippen LogP contribution in [0.25, 0.3) is 0 Å². The van der Waals surface area contributed by atoms with E-state index in [1.807, 2.05) is 0 Å². The van der Waals surface area contributed by atoms with E-state index in [0.29, 0.717) is 0 Å². The van der Waals surface area contributed by atoms with Gasteiger partial charge in [-0.25, -0.2) is 16.8 Å². The highest BCUT2D eigenvalue weighted by Gasteiger charge is 2.23. The lowest BCUT2D eigenvalue weighted by Crippen LogP contribution is -2.22. The molecule has 0 saturated carbocycles. The van der Waals surface area contributed by atoms with Gasteiger partial charge in [0.25, 0.3) is 0 Å². The quantitative estimate of drug-likeness (QED) is 0.535. The summed E-state index contributed by atoms with van der Waals surface area (Å²) in [4.78, 5) is 0. The molecule has 10 heteroatoms. The first-order chi connectivity index (χ1) is 8.83. The van der Waals surface area contributed by atoms with E-state index in [0.717, 1.165) is 0 Å². The Kier molecular flexibility index (Phi) is 4.34. The highest BCUT2D eigenvalue weighted by Crippen LogP contribution is 2.27. The average molecular weight is 320 g/mol. The molecule has 0 aromatic rings. The average Bonchev–Trinajstić information content (AvgIpc) is 2.25. The third kappa shape index (κ3) is 3.82. The van der Waals surface area contributed by atoms with Crippen LogP contribution in [0.5, 0.6) is 0 Å². The molecule has 0 aromatic carbocycles. The van der Waals surface area contributed by atoms with E-state index in [1.165, 1.54) is 27.7 Å². The molecule has 112 valence electrons. The van der Waals surface area contributed by atoms with Gasteiger partial charge in [-0.15, -0.1) is 0 Å². The molecule has 0 heterocycles. The Morgan fingerprint density at radius 2 is 0.850 bits per heavy atom. The van der Waals surface area contributed by atoms with Gasteiger partial charge in [-0.3, -0.25) is 0 Å². The standard InChI is InChI=1S/C10H14N2O6S2/c1-5-6(2)10(12-20(16,17)18)8(4)7(3)9(5)11-19(13,14)15/h1-4H3,(H,13,14,15)(H,16,17,18)/p-2. The summed E-state index contributed by atoms with van der Waals surface area (Å²) in [5, 5.41) is 0. The maximum atomic E-state index is 10.7. The van der Waals surface area contributed by atoms with Crippen molar-refractivity contribution in [1.29, 1.82) is 0 Å². The van der Waals surface area contributed by atoms with Crippen LogP contribution in [0.2, 0.25) is 0 Å². The van der Waals surface area contributed by atoms with Gasteiger partial charge in [0.1, 0.15) is 0 Å². The lowest BCUT2D eigenvalue weighted by Gasteiger charge is -2.23. The predicted molar refractivity (Wildman–Crippen MR) is 71.0 cm³/mol. The van der Waals surface area contributed by atoms with Gasteiger partial charge in [0, 0.05) is 0 Å². The first kappa shape index (κ1) is 16.7. The zero-order valence-corrected chi connectivity index (χ0v) is 12.8. The Morgan fingerprint density at radius 1 is 0.650 bits per heavy atom. The zero-order valence-electron chi connectivity index (χ0n) is 11.2. The van der Waals surface area contributed by atoms with Gasteiger partial charge in [-0.05, 0) is 50.0 Å². The molecular formula is C10H12N2O6S2-2. The molecule has 20 heavy (non-hydrogen) atoms. The lowest BCUT2D eigenvalue weighted by molar-refractivity contribution is 0.462. The van der Waals surface area contributed by atoms with Crippen molar-refractivity contribution < 1.29 is 25.9 Å². The third-order valence-corrected chi connectivity index (χ3v) is 3.76. The van der Waals surface area contributed by atoms with E-state index in [2.05, 4.69) is 8.80 Å². The number of hydrogen-bond acceptors (Lipinski definition) is 6. The van der Waals surface area contributed by atoms with Gasteiger partial charge in [0.2, 0.25) is 20.6 Å². The Balaban J connectivity index is 3.68. The van der Waals surface area contributed by atoms with Gasteiger partial charge in [0.15, 0.2) is 0 Å². The van der Waals surface area contributed by atoms with Crippen LogP contribution in [0.1, 0.15) is 27.7 Å². The van der Waals surface area contributed by atoms with Crippen molar-refractivity contribution >= 4 is 32.0 Å². The minimum absolute atomic E-state index is 0.0581. The number of rotatable bonds is 2. The van der Waals surface area contributed by atoms with Crippen LogP contribution in [-0.2, 0) is 20.6 Å². The fraction of sp³-hybridized carbons (Fsp3) is 0.400. The van der Waals surface area contributed by atoms with E-state index in [-0.39, 0.29) is 33.7 Å². The van der Waals surface area contributed by atoms with Crippen LogP contribution >= 0.6 is 0 Å². The molecule has 0 unspecified atom stereocenters. The number of hydrogen-bond donors (Lipinski definition) is 0. The maximum absolute atomic E-state index is 10.7. The van der Waals surface area contributed by atoms with Gasteiger partial charge in [0.05, 0.1) is 11.4 Å². The minimum Gasteiger partial charge on any atom is -0.730 e. The molecule has 0 saturated heterocycles. The molecule has 0 N–H and O–H groups in total. The highest BCUT2D eigenvalue weighted by molar-refractivity contribution is 7.84. The first-order valence-electron chi connectivity index (χ1n) is 5.31. The molecule has 0 bridgehead atoms. The molecule has 1 aliphatic carbocycles. The Hall–Kier alpha value is -1.36. The number of nitrogens with zero attached hydrogens (tertiary/aromatic N) is 2. The molecule has 0 atom stereocenters. The Labute approximate surface area is 117 Å². The fourth-order valence-corrected chi connectivity index (χ4v) is 2.77. The summed E-state index contributed by atoms with van der Waals surface area (Å²) in [6.07, 6.45) is 0. The summed E-state index contributed by atoms with van der Waals surface area (Å²) in [6, 6.07) is 0. The first-order valence-corrected chi connectivity index (χ1v) is 8.04. The zero-order chi connectivity index (χ0) is 15.9. The van der Waals surface area contributed by atoms with Crippen LogP contribution in [0, 0.1) is 0 Å². The molecule has 0 radical (unpaired) electrons. The second-order valence-electron chi connectivity index (χ2n) is 4.24. The summed E-state index contributed by atoms with van der Waals surface area (Å²) >= 11 is 0. The molecule has 0 amide bonds. The summed E-state index contributed by atoms with van der Waals surface area (Å²) in [6.45, 7) is 5.84. The molecular weight excluding hydrogens is 308 g/mol.